The topological polar surface area (TPSA) is 17.1 Å². The van der Waals surface area contributed by atoms with Crippen molar-refractivity contribution in [1.29, 1.82) is 0 Å². The lowest BCUT2D eigenvalue weighted by atomic mass is 9.74. The molecule has 0 radical (unpaired) electrons. The highest BCUT2D eigenvalue weighted by atomic mass is 16.1. The van der Waals surface area contributed by atoms with Crippen molar-refractivity contribution in [2.45, 2.75) is 19.8 Å². The van der Waals surface area contributed by atoms with E-state index < -0.39 is 0 Å². The van der Waals surface area contributed by atoms with Gasteiger partial charge < -0.3 is 0 Å². The summed E-state index contributed by atoms with van der Waals surface area (Å²) in [5, 5.41) is 0. The van der Waals surface area contributed by atoms with E-state index in [1.165, 1.54) is 11.1 Å². The molecule has 1 aliphatic rings. The van der Waals surface area contributed by atoms with E-state index in [2.05, 4.69) is 30.5 Å². The Morgan fingerprint density at radius 1 is 1.38 bits per heavy atom. The Bertz CT molecular complexity index is 423. The molecule has 82 valence electrons. The van der Waals surface area contributed by atoms with Crippen molar-refractivity contribution in [3.63, 3.8) is 0 Å². The minimum absolute atomic E-state index is 0.101. The lowest BCUT2D eigenvalue weighted by molar-refractivity contribution is -0.122. The van der Waals surface area contributed by atoms with Crippen LogP contribution in [0.1, 0.15) is 18.1 Å². The number of fused-ring (bicyclic) bond motifs is 1. The zero-order chi connectivity index (χ0) is 11.5. The molecule has 2 atom stereocenters. The molecule has 0 aliphatic heterocycles. The van der Waals surface area contributed by atoms with Crippen molar-refractivity contribution in [2.75, 3.05) is 0 Å². The van der Waals surface area contributed by atoms with Crippen LogP contribution in [-0.4, -0.2) is 5.78 Å². The zero-order valence-electron chi connectivity index (χ0n) is 9.57. The summed E-state index contributed by atoms with van der Waals surface area (Å²) in [6.07, 6.45) is 3.74. The minimum atomic E-state index is 0.101. The van der Waals surface area contributed by atoms with E-state index >= 15 is 0 Å². The first-order chi connectivity index (χ1) is 7.72. The van der Waals surface area contributed by atoms with E-state index in [1.54, 1.807) is 6.92 Å². The Kier molecular flexibility index (Phi) is 3.07. The molecule has 2 rings (SSSR count). The van der Waals surface area contributed by atoms with Crippen LogP contribution in [0.5, 0.6) is 0 Å². The highest BCUT2D eigenvalue weighted by molar-refractivity contribution is 5.79. The smallest absolute Gasteiger partial charge is 0.133 e. The van der Waals surface area contributed by atoms with Crippen molar-refractivity contribution in [1.82, 2.24) is 0 Å². The molecule has 0 spiro atoms. The Morgan fingerprint density at radius 2 is 2.00 bits per heavy atom. The van der Waals surface area contributed by atoms with Crippen LogP contribution >= 0.6 is 0 Å². The third-order valence-corrected chi connectivity index (χ3v) is 3.38. The van der Waals surface area contributed by atoms with Crippen molar-refractivity contribution in [3.8, 4) is 0 Å². The maximum Gasteiger partial charge on any atom is 0.133 e. The second-order valence-corrected chi connectivity index (χ2v) is 4.43. The van der Waals surface area contributed by atoms with Crippen LogP contribution in [-0.2, 0) is 17.6 Å². The number of ketones is 1. The first-order valence-electron chi connectivity index (χ1n) is 5.65. The third-order valence-electron chi connectivity index (χ3n) is 3.38. The van der Waals surface area contributed by atoms with Gasteiger partial charge in [0.2, 0.25) is 0 Å². The maximum atomic E-state index is 11.6. The molecule has 1 aromatic rings. The molecule has 0 bridgehead atoms. The Labute approximate surface area is 96.5 Å². The molecule has 0 fully saturated rings. The summed E-state index contributed by atoms with van der Waals surface area (Å²) in [5.41, 5.74) is 5.50. The van der Waals surface area contributed by atoms with E-state index in [0.717, 1.165) is 12.8 Å². The fraction of sp³-hybridized carbons (Fsp3) is 0.333. The van der Waals surface area contributed by atoms with Crippen LogP contribution in [0.25, 0.3) is 0 Å². The van der Waals surface area contributed by atoms with Gasteiger partial charge in [-0.05, 0) is 42.9 Å². The van der Waals surface area contributed by atoms with Gasteiger partial charge in [-0.15, -0.1) is 5.73 Å². The Morgan fingerprint density at radius 3 is 2.56 bits per heavy atom. The second-order valence-electron chi connectivity index (χ2n) is 4.43. The molecular weight excluding hydrogens is 196 g/mol. The van der Waals surface area contributed by atoms with Crippen molar-refractivity contribution in [3.05, 3.63) is 53.8 Å². The highest BCUT2D eigenvalue weighted by Crippen LogP contribution is 2.31. The number of hydrogen-bond donors (Lipinski definition) is 0. The predicted octanol–water partition coefficient (Wildman–Crippen LogP) is 2.95. The van der Waals surface area contributed by atoms with Gasteiger partial charge in [-0.3, -0.25) is 4.79 Å². The molecule has 1 nitrogen and oxygen atoms in total. The number of allylic oxidation sites excluding steroid dienone is 1. The number of benzene rings is 1. The molecule has 0 saturated heterocycles. The fourth-order valence-corrected chi connectivity index (χ4v) is 2.51. The predicted molar refractivity (Wildman–Crippen MR) is 65.2 cm³/mol. The summed E-state index contributed by atoms with van der Waals surface area (Å²) < 4.78 is 0. The zero-order valence-corrected chi connectivity index (χ0v) is 9.57. The molecule has 0 heterocycles. The Hall–Kier alpha value is -1.59. The normalized spacial score (nSPS) is 23.1. The van der Waals surface area contributed by atoms with Crippen molar-refractivity contribution in [2.24, 2.45) is 11.8 Å². The largest absolute Gasteiger partial charge is 0.300 e. The molecule has 0 aromatic heterocycles. The minimum Gasteiger partial charge on any atom is -0.300 e. The standard InChI is InChI=1S/C15H16O/c1-3-6-14-9-12-7-4-5-8-13(12)10-15(14)11(2)16/h4-8,14-15H,1,9-10H2,2H3/t14-,15+/m1/s1. The van der Waals surface area contributed by atoms with Gasteiger partial charge in [-0.25, -0.2) is 0 Å². The third kappa shape index (κ3) is 2.00. The van der Waals surface area contributed by atoms with E-state index in [4.69, 9.17) is 0 Å². The number of carbonyl (C=O) groups excluding carboxylic acids is 1. The van der Waals surface area contributed by atoms with Gasteiger partial charge in [0.1, 0.15) is 5.78 Å². The van der Waals surface area contributed by atoms with Gasteiger partial charge >= 0.3 is 0 Å². The van der Waals surface area contributed by atoms with Gasteiger partial charge in [0.05, 0.1) is 0 Å². The molecule has 0 amide bonds. The van der Waals surface area contributed by atoms with Gasteiger partial charge in [0.15, 0.2) is 0 Å². The maximum absolute atomic E-state index is 11.6. The molecule has 0 unspecified atom stereocenters. The molecule has 1 aliphatic carbocycles. The quantitative estimate of drug-likeness (QED) is 0.689. The SMILES string of the molecule is C=C=C[C@@H]1Cc2ccccc2C[C@H]1C(C)=O. The summed E-state index contributed by atoms with van der Waals surface area (Å²) in [5.74, 6) is 0.639. The molecule has 0 saturated carbocycles. The van der Waals surface area contributed by atoms with Crippen LogP contribution < -0.4 is 0 Å². The first kappa shape index (κ1) is 10.9. The summed E-state index contributed by atoms with van der Waals surface area (Å²) >= 11 is 0. The van der Waals surface area contributed by atoms with Crippen LogP contribution in [0.15, 0.2) is 42.7 Å². The average Bonchev–Trinajstić information content (AvgIpc) is 2.28. The molecule has 1 aromatic carbocycles. The first-order valence-corrected chi connectivity index (χ1v) is 5.65. The van der Waals surface area contributed by atoms with Gasteiger partial charge in [0, 0.05) is 5.92 Å². The van der Waals surface area contributed by atoms with Gasteiger partial charge in [-0.1, -0.05) is 30.8 Å². The van der Waals surface area contributed by atoms with Gasteiger partial charge in [0.25, 0.3) is 0 Å². The summed E-state index contributed by atoms with van der Waals surface area (Å²) in [4.78, 5) is 11.6. The van der Waals surface area contributed by atoms with Crippen molar-refractivity contribution < 1.29 is 4.79 Å². The lowest BCUT2D eigenvalue weighted by Gasteiger charge is -2.29. The number of rotatable bonds is 2. The van der Waals surface area contributed by atoms with E-state index in [1.807, 2.05) is 12.1 Å². The number of Topliss-reactive ketones (excluding diaryl/α,β-unsaturated/α-hetero) is 1. The summed E-state index contributed by atoms with van der Waals surface area (Å²) in [7, 11) is 0. The summed E-state index contributed by atoms with van der Waals surface area (Å²) in [6.45, 7) is 5.30. The molecule has 1 heteroatoms. The van der Waals surface area contributed by atoms with Crippen LogP contribution in [0.4, 0.5) is 0 Å². The van der Waals surface area contributed by atoms with Crippen LogP contribution in [0, 0.1) is 11.8 Å². The number of hydrogen-bond acceptors (Lipinski definition) is 1. The van der Waals surface area contributed by atoms with Crippen molar-refractivity contribution >= 4 is 5.78 Å². The average molecular weight is 212 g/mol. The van der Waals surface area contributed by atoms with E-state index in [9.17, 15) is 4.79 Å². The number of carbonyl (C=O) groups is 1. The highest BCUT2D eigenvalue weighted by Gasteiger charge is 2.29. The van der Waals surface area contributed by atoms with E-state index in [-0.39, 0.29) is 17.6 Å². The molecular formula is C15H16O. The van der Waals surface area contributed by atoms with Crippen LogP contribution in [0.2, 0.25) is 0 Å². The van der Waals surface area contributed by atoms with E-state index in [0.29, 0.717) is 0 Å². The van der Waals surface area contributed by atoms with Gasteiger partial charge in [-0.2, -0.15) is 0 Å². The summed E-state index contributed by atoms with van der Waals surface area (Å²) in [6, 6.07) is 8.37. The fourth-order valence-electron chi connectivity index (χ4n) is 2.51. The van der Waals surface area contributed by atoms with Crippen LogP contribution in [0.3, 0.4) is 0 Å². The Balaban J connectivity index is 2.36. The lowest BCUT2D eigenvalue weighted by Crippen LogP contribution is -2.29. The monoisotopic (exact) mass is 212 g/mol. The molecule has 0 N–H and O–H groups in total. The molecule has 16 heavy (non-hydrogen) atoms. The second kappa shape index (κ2) is 4.51.